The average Bonchev–Trinajstić information content (AvgIpc) is 2.25. The highest BCUT2D eigenvalue weighted by Crippen LogP contribution is 2.41. The summed E-state index contributed by atoms with van der Waals surface area (Å²) in [5, 5.41) is 0. The number of esters is 1. The number of hydrogen-bond donors (Lipinski definition) is 2. The number of phosphoric acid groups is 1. The van der Waals surface area contributed by atoms with E-state index in [9.17, 15) is 9.36 Å². The molecule has 0 aromatic heterocycles. The monoisotopic (exact) mass is 312 g/mol. The molecule has 0 aliphatic carbocycles. The largest absolute Gasteiger partial charge is 0.480 e. The lowest BCUT2D eigenvalue weighted by Gasteiger charge is -2.12. The van der Waals surface area contributed by atoms with Gasteiger partial charge in [0.15, 0.2) is 0 Å². The number of carbonyl (C=O) groups excluding carboxylic acids is 1. The molecule has 0 saturated carbocycles. The van der Waals surface area contributed by atoms with Gasteiger partial charge in [0, 0.05) is 23.4 Å². The summed E-state index contributed by atoms with van der Waals surface area (Å²) in [6, 6.07) is 0. The standard InChI is InChI=1S/C11H21O6PS/c1-9(2)11(12)16-10(3)7-5-4-6-8-19-17-18(13,14)15/h10H,1,4-8H2,2-3H3,(H2,13,14,15). The molecule has 0 radical (unpaired) electrons. The highest BCUT2D eigenvalue weighted by atomic mass is 32.2. The van der Waals surface area contributed by atoms with Crippen molar-refractivity contribution in [1.29, 1.82) is 0 Å². The van der Waals surface area contributed by atoms with Crippen LogP contribution in [0, 0.1) is 0 Å². The Hall–Kier alpha value is -0.330. The number of ether oxygens (including phenoxy) is 1. The minimum atomic E-state index is -4.37. The number of hydrogen-bond acceptors (Lipinski definition) is 5. The van der Waals surface area contributed by atoms with Gasteiger partial charge in [0.05, 0.1) is 6.10 Å². The van der Waals surface area contributed by atoms with Gasteiger partial charge in [-0.3, -0.25) is 0 Å². The second kappa shape index (κ2) is 9.55. The van der Waals surface area contributed by atoms with E-state index in [2.05, 4.69) is 10.5 Å². The Balaban J connectivity index is 3.47. The summed E-state index contributed by atoms with van der Waals surface area (Å²) in [7, 11) is -4.37. The molecule has 6 nitrogen and oxygen atoms in total. The van der Waals surface area contributed by atoms with Crippen LogP contribution in [0.3, 0.4) is 0 Å². The van der Waals surface area contributed by atoms with Crippen molar-refractivity contribution in [1.82, 2.24) is 0 Å². The van der Waals surface area contributed by atoms with E-state index in [1.807, 2.05) is 6.92 Å². The van der Waals surface area contributed by atoms with E-state index in [1.165, 1.54) is 0 Å². The minimum Gasteiger partial charge on any atom is -0.459 e. The summed E-state index contributed by atoms with van der Waals surface area (Å²) in [6.45, 7) is 6.93. The molecular weight excluding hydrogens is 291 g/mol. The van der Waals surface area contributed by atoms with Gasteiger partial charge < -0.3 is 14.5 Å². The van der Waals surface area contributed by atoms with Crippen molar-refractivity contribution in [3.8, 4) is 0 Å². The molecule has 0 aromatic carbocycles. The van der Waals surface area contributed by atoms with Crippen molar-refractivity contribution in [3.05, 3.63) is 12.2 Å². The van der Waals surface area contributed by atoms with Crippen LogP contribution in [0.4, 0.5) is 0 Å². The molecule has 19 heavy (non-hydrogen) atoms. The first-order valence-corrected chi connectivity index (χ1v) is 8.39. The summed E-state index contributed by atoms with van der Waals surface area (Å²) in [5.74, 6) is 0.142. The van der Waals surface area contributed by atoms with E-state index in [4.69, 9.17) is 14.5 Å². The van der Waals surface area contributed by atoms with Crippen molar-refractivity contribution < 1.29 is 27.9 Å². The Morgan fingerprint density at radius 1 is 1.37 bits per heavy atom. The van der Waals surface area contributed by atoms with E-state index >= 15 is 0 Å². The van der Waals surface area contributed by atoms with Crippen molar-refractivity contribution in [2.75, 3.05) is 5.75 Å². The van der Waals surface area contributed by atoms with Crippen LogP contribution in [0.1, 0.15) is 39.5 Å². The normalized spacial score (nSPS) is 13.1. The molecule has 0 aliphatic heterocycles. The van der Waals surface area contributed by atoms with Crippen LogP contribution in [0.15, 0.2) is 12.2 Å². The fourth-order valence-corrected chi connectivity index (χ4v) is 2.39. The molecule has 0 heterocycles. The van der Waals surface area contributed by atoms with Gasteiger partial charge in [-0.05, 0) is 33.1 Å². The molecule has 8 heteroatoms. The molecule has 0 fully saturated rings. The summed E-state index contributed by atoms with van der Waals surface area (Å²) < 4.78 is 19.7. The number of carbonyl (C=O) groups is 1. The minimum absolute atomic E-state index is 0.150. The molecule has 0 rings (SSSR count). The molecule has 0 bridgehead atoms. The SMILES string of the molecule is C=C(C)C(=O)OC(C)CCCCCSOP(=O)(O)O. The third-order valence-corrected chi connectivity index (χ3v) is 3.80. The van der Waals surface area contributed by atoms with Gasteiger partial charge >= 0.3 is 13.8 Å². The highest BCUT2D eigenvalue weighted by Gasteiger charge is 2.14. The topological polar surface area (TPSA) is 93.1 Å². The van der Waals surface area contributed by atoms with Crippen LogP contribution in [-0.2, 0) is 18.1 Å². The maximum Gasteiger partial charge on any atom is 0.480 e. The Labute approximate surface area is 118 Å². The molecule has 0 aliphatic rings. The Morgan fingerprint density at radius 2 is 2.00 bits per heavy atom. The fraction of sp³-hybridized carbons (Fsp3) is 0.727. The van der Waals surface area contributed by atoms with Gasteiger partial charge in [-0.2, -0.15) is 0 Å². The third-order valence-electron chi connectivity index (χ3n) is 2.14. The van der Waals surface area contributed by atoms with Crippen LogP contribution in [0.2, 0.25) is 0 Å². The third kappa shape index (κ3) is 12.4. The van der Waals surface area contributed by atoms with Crippen molar-refractivity contribution in [3.63, 3.8) is 0 Å². The van der Waals surface area contributed by atoms with E-state index < -0.39 is 7.82 Å². The van der Waals surface area contributed by atoms with E-state index in [0.717, 1.165) is 37.7 Å². The Morgan fingerprint density at radius 3 is 2.53 bits per heavy atom. The smallest absolute Gasteiger partial charge is 0.459 e. The molecule has 112 valence electrons. The van der Waals surface area contributed by atoms with Crippen molar-refractivity contribution in [2.45, 2.75) is 45.6 Å². The summed E-state index contributed by atoms with van der Waals surface area (Å²) >= 11 is 0.774. The van der Waals surface area contributed by atoms with Crippen molar-refractivity contribution in [2.24, 2.45) is 0 Å². The molecule has 0 saturated heterocycles. The van der Waals surface area contributed by atoms with Crippen molar-refractivity contribution >= 4 is 25.8 Å². The quantitative estimate of drug-likeness (QED) is 0.211. The lowest BCUT2D eigenvalue weighted by atomic mass is 10.1. The molecule has 0 amide bonds. The molecule has 0 spiro atoms. The average molecular weight is 312 g/mol. The summed E-state index contributed by atoms with van der Waals surface area (Å²) in [4.78, 5) is 28.1. The first-order chi connectivity index (χ1) is 8.72. The van der Waals surface area contributed by atoms with Crippen LogP contribution in [-0.4, -0.2) is 27.6 Å². The second-order valence-corrected chi connectivity index (χ2v) is 6.45. The summed E-state index contributed by atoms with van der Waals surface area (Å²) in [5.41, 5.74) is 0.387. The maximum atomic E-state index is 11.2. The zero-order chi connectivity index (χ0) is 14.9. The summed E-state index contributed by atoms with van der Waals surface area (Å²) in [6.07, 6.45) is 3.14. The predicted molar refractivity (Wildman–Crippen MR) is 74.4 cm³/mol. The molecule has 1 atom stereocenters. The number of unbranched alkanes of at least 4 members (excludes halogenated alkanes) is 2. The maximum absolute atomic E-state index is 11.2. The fourth-order valence-electron chi connectivity index (χ4n) is 1.22. The van der Waals surface area contributed by atoms with Crippen LogP contribution >= 0.6 is 19.9 Å². The Kier molecular flexibility index (Phi) is 9.39. The molecule has 0 aromatic rings. The van der Waals surface area contributed by atoms with E-state index in [1.54, 1.807) is 6.92 Å². The van der Waals surface area contributed by atoms with E-state index in [0.29, 0.717) is 11.3 Å². The molecular formula is C11H21O6PS. The van der Waals surface area contributed by atoms with Gasteiger partial charge in [0.1, 0.15) is 0 Å². The Bertz CT molecular complexity index is 340. The first kappa shape index (κ1) is 18.7. The number of rotatable bonds is 10. The van der Waals surface area contributed by atoms with Gasteiger partial charge in [-0.1, -0.05) is 13.0 Å². The highest BCUT2D eigenvalue weighted by molar-refractivity contribution is 7.97. The van der Waals surface area contributed by atoms with Gasteiger partial charge in [-0.15, -0.1) is 0 Å². The predicted octanol–water partition coefficient (Wildman–Crippen LogP) is 2.81. The van der Waals surface area contributed by atoms with Gasteiger partial charge in [0.25, 0.3) is 0 Å². The van der Waals surface area contributed by atoms with Gasteiger partial charge in [-0.25, -0.2) is 13.3 Å². The van der Waals surface area contributed by atoms with E-state index in [-0.39, 0.29) is 12.1 Å². The second-order valence-electron chi connectivity index (χ2n) is 4.23. The molecule has 2 N–H and O–H groups in total. The van der Waals surface area contributed by atoms with Crippen LogP contribution in [0.5, 0.6) is 0 Å². The molecule has 1 unspecified atom stereocenters. The van der Waals surface area contributed by atoms with Crippen LogP contribution in [0.25, 0.3) is 0 Å². The first-order valence-electron chi connectivity index (χ1n) is 5.95. The van der Waals surface area contributed by atoms with Gasteiger partial charge in [0.2, 0.25) is 0 Å². The lowest BCUT2D eigenvalue weighted by Crippen LogP contribution is -2.15. The zero-order valence-corrected chi connectivity index (χ0v) is 12.9. The zero-order valence-electron chi connectivity index (χ0n) is 11.2. The van der Waals surface area contributed by atoms with Crippen LogP contribution < -0.4 is 0 Å². The lowest BCUT2D eigenvalue weighted by molar-refractivity contribution is -0.143.